The molecule has 1 aliphatic rings. The first-order valence-corrected chi connectivity index (χ1v) is 7.20. The molecule has 1 unspecified atom stereocenters. The van der Waals surface area contributed by atoms with Crippen LogP contribution in [0.1, 0.15) is 46.5 Å². The summed E-state index contributed by atoms with van der Waals surface area (Å²) in [5.41, 5.74) is -1.42. The SMILES string of the molecule is CC(C)CCN(C(=O)NCC(C)(O)CC(=O)O)C1CC1. The smallest absolute Gasteiger partial charge is 0.317 e. The lowest BCUT2D eigenvalue weighted by Crippen LogP contribution is -2.48. The van der Waals surface area contributed by atoms with Gasteiger partial charge in [-0.15, -0.1) is 0 Å². The second kappa shape index (κ2) is 6.92. The van der Waals surface area contributed by atoms with Crippen LogP contribution in [0.2, 0.25) is 0 Å². The van der Waals surface area contributed by atoms with Crippen molar-refractivity contribution in [2.75, 3.05) is 13.1 Å². The van der Waals surface area contributed by atoms with Gasteiger partial charge in [-0.1, -0.05) is 13.8 Å². The molecule has 1 atom stereocenters. The van der Waals surface area contributed by atoms with Gasteiger partial charge in [-0.05, 0) is 32.1 Å². The molecule has 0 aromatic heterocycles. The Morgan fingerprint density at radius 3 is 2.45 bits per heavy atom. The van der Waals surface area contributed by atoms with E-state index in [1.807, 2.05) is 0 Å². The molecule has 0 aliphatic heterocycles. The van der Waals surface area contributed by atoms with E-state index in [2.05, 4.69) is 19.2 Å². The van der Waals surface area contributed by atoms with Gasteiger partial charge in [-0.3, -0.25) is 4.79 Å². The van der Waals surface area contributed by atoms with Gasteiger partial charge in [0, 0.05) is 19.1 Å². The summed E-state index contributed by atoms with van der Waals surface area (Å²) < 4.78 is 0. The van der Waals surface area contributed by atoms with Crippen LogP contribution in [0.3, 0.4) is 0 Å². The summed E-state index contributed by atoms with van der Waals surface area (Å²) in [4.78, 5) is 24.5. The van der Waals surface area contributed by atoms with E-state index in [4.69, 9.17) is 5.11 Å². The van der Waals surface area contributed by atoms with Crippen LogP contribution in [0.15, 0.2) is 0 Å². The third kappa shape index (κ3) is 6.23. The zero-order valence-corrected chi connectivity index (χ0v) is 12.6. The molecule has 1 rings (SSSR count). The Labute approximate surface area is 120 Å². The number of carbonyl (C=O) groups is 2. The summed E-state index contributed by atoms with van der Waals surface area (Å²) in [6, 6.07) is 0.0944. The number of hydrogen-bond donors (Lipinski definition) is 3. The van der Waals surface area contributed by atoms with E-state index < -0.39 is 11.6 Å². The van der Waals surface area contributed by atoms with E-state index in [9.17, 15) is 14.7 Å². The highest BCUT2D eigenvalue weighted by Gasteiger charge is 2.33. The molecule has 0 saturated heterocycles. The Balaban J connectivity index is 2.43. The lowest BCUT2D eigenvalue weighted by Gasteiger charge is -2.27. The van der Waals surface area contributed by atoms with Crippen LogP contribution in [0.25, 0.3) is 0 Å². The third-order valence-electron chi connectivity index (χ3n) is 3.35. The van der Waals surface area contributed by atoms with Crippen LogP contribution >= 0.6 is 0 Å². The van der Waals surface area contributed by atoms with Gasteiger partial charge in [-0.25, -0.2) is 4.79 Å². The molecular formula is C14H26N2O4. The van der Waals surface area contributed by atoms with E-state index >= 15 is 0 Å². The molecule has 1 fully saturated rings. The molecule has 0 bridgehead atoms. The van der Waals surface area contributed by atoms with Crippen molar-refractivity contribution in [3.8, 4) is 0 Å². The fourth-order valence-electron chi connectivity index (χ4n) is 1.99. The highest BCUT2D eigenvalue weighted by atomic mass is 16.4. The van der Waals surface area contributed by atoms with Gasteiger partial charge < -0.3 is 20.4 Å². The molecule has 1 saturated carbocycles. The number of rotatable bonds is 8. The van der Waals surface area contributed by atoms with Crippen molar-refractivity contribution in [2.24, 2.45) is 5.92 Å². The first-order chi connectivity index (χ1) is 9.21. The first kappa shape index (κ1) is 16.8. The highest BCUT2D eigenvalue weighted by Crippen LogP contribution is 2.27. The Morgan fingerprint density at radius 2 is 2.00 bits per heavy atom. The maximum Gasteiger partial charge on any atom is 0.317 e. The van der Waals surface area contributed by atoms with Gasteiger partial charge in [0.25, 0.3) is 0 Å². The van der Waals surface area contributed by atoms with Gasteiger partial charge in [0.05, 0.1) is 12.0 Å². The summed E-state index contributed by atoms with van der Waals surface area (Å²) in [5.74, 6) is -0.553. The van der Waals surface area contributed by atoms with Gasteiger partial charge in [-0.2, -0.15) is 0 Å². The number of carbonyl (C=O) groups excluding carboxylic acids is 1. The number of urea groups is 1. The molecular weight excluding hydrogens is 260 g/mol. The third-order valence-corrected chi connectivity index (χ3v) is 3.35. The lowest BCUT2D eigenvalue weighted by atomic mass is 10.0. The normalized spacial score (nSPS) is 17.6. The predicted octanol–water partition coefficient (Wildman–Crippen LogP) is 1.43. The van der Waals surface area contributed by atoms with Crippen LogP contribution < -0.4 is 5.32 Å². The fourth-order valence-corrected chi connectivity index (χ4v) is 1.99. The summed E-state index contributed by atoms with van der Waals surface area (Å²) in [6.45, 7) is 6.29. The molecule has 20 heavy (non-hydrogen) atoms. The number of nitrogens with zero attached hydrogens (tertiary/aromatic N) is 1. The molecule has 6 nitrogen and oxygen atoms in total. The highest BCUT2D eigenvalue weighted by molar-refractivity contribution is 5.75. The molecule has 0 heterocycles. The maximum atomic E-state index is 12.1. The second-order valence-corrected chi connectivity index (χ2v) is 6.33. The minimum atomic E-state index is -1.42. The Kier molecular flexibility index (Phi) is 5.80. The van der Waals surface area contributed by atoms with Gasteiger partial charge >= 0.3 is 12.0 Å². The van der Waals surface area contributed by atoms with Crippen molar-refractivity contribution in [3.63, 3.8) is 0 Å². The molecule has 1 aliphatic carbocycles. The van der Waals surface area contributed by atoms with Crippen molar-refractivity contribution in [1.82, 2.24) is 10.2 Å². The van der Waals surface area contributed by atoms with Crippen LogP contribution in [0.5, 0.6) is 0 Å². The maximum absolute atomic E-state index is 12.1. The Hall–Kier alpha value is -1.30. The minimum Gasteiger partial charge on any atom is -0.481 e. The number of nitrogens with one attached hydrogen (secondary N) is 1. The zero-order valence-electron chi connectivity index (χ0n) is 12.6. The molecule has 0 radical (unpaired) electrons. The summed E-state index contributed by atoms with van der Waals surface area (Å²) in [6.07, 6.45) is 2.60. The van der Waals surface area contributed by atoms with E-state index in [1.54, 1.807) is 4.90 Å². The van der Waals surface area contributed by atoms with Crippen LogP contribution in [-0.2, 0) is 4.79 Å². The molecule has 3 N–H and O–H groups in total. The second-order valence-electron chi connectivity index (χ2n) is 6.33. The monoisotopic (exact) mass is 286 g/mol. The number of amides is 2. The summed E-state index contributed by atoms with van der Waals surface area (Å²) in [7, 11) is 0. The first-order valence-electron chi connectivity index (χ1n) is 7.20. The molecule has 0 aromatic carbocycles. The quantitative estimate of drug-likeness (QED) is 0.629. The zero-order chi connectivity index (χ0) is 15.3. The molecule has 0 aromatic rings. The van der Waals surface area contributed by atoms with Gasteiger partial charge in [0.1, 0.15) is 0 Å². The average Bonchev–Trinajstić information content (AvgIpc) is 3.09. The van der Waals surface area contributed by atoms with Crippen molar-refractivity contribution < 1.29 is 19.8 Å². The van der Waals surface area contributed by atoms with E-state index in [0.29, 0.717) is 18.5 Å². The average molecular weight is 286 g/mol. The number of aliphatic carboxylic acids is 1. The van der Waals surface area contributed by atoms with Crippen LogP contribution in [0.4, 0.5) is 4.79 Å². The number of carboxylic acid groups (broad SMARTS) is 1. The Morgan fingerprint density at radius 1 is 1.40 bits per heavy atom. The molecule has 6 heteroatoms. The molecule has 116 valence electrons. The minimum absolute atomic E-state index is 0.0525. The van der Waals surface area contributed by atoms with Crippen molar-refractivity contribution in [2.45, 2.75) is 58.1 Å². The van der Waals surface area contributed by atoms with Crippen molar-refractivity contribution in [1.29, 1.82) is 0 Å². The van der Waals surface area contributed by atoms with E-state index in [-0.39, 0.29) is 19.0 Å². The lowest BCUT2D eigenvalue weighted by molar-refractivity contribution is -0.141. The van der Waals surface area contributed by atoms with Crippen molar-refractivity contribution in [3.05, 3.63) is 0 Å². The Bertz CT molecular complexity index is 351. The van der Waals surface area contributed by atoms with Crippen molar-refractivity contribution >= 4 is 12.0 Å². The number of hydrogen-bond acceptors (Lipinski definition) is 3. The van der Waals surface area contributed by atoms with Gasteiger partial charge in [0.15, 0.2) is 0 Å². The van der Waals surface area contributed by atoms with Crippen LogP contribution in [0, 0.1) is 5.92 Å². The molecule has 0 spiro atoms. The number of carboxylic acids is 1. The van der Waals surface area contributed by atoms with Gasteiger partial charge in [0.2, 0.25) is 0 Å². The van der Waals surface area contributed by atoms with Crippen LogP contribution in [-0.4, -0.2) is 51.8 Å². The van der Waals surface area contributed by atoms with E-state index in [1.165, 1.54) is 6.92 Å². The standard InChI is InChI=1S/C14H26N2O4/c1-10(2)6-7-16(11-4-5-11)13(19)15-9-14(3,20)8-12(17)18/h10-11,20H,4-9H2,1-3H3,(H,15,19)(H,17,18). The summed E-state index contributed by atoms with van der Waals surface area (Å²) in [5, 5.41) is 21.2. The fraction of sp³-hybridized carbons (Fsp3) is 0.857. The largest absolute Gasteiger partial charge is 0.481 e. The summed E-state index contributed by atoms with van der Waals surface area (Å²) >= 11 is 0. The number of aliphatic hydroxyl groups is 1. The predicted molar refractivity (Wildman–Crippen MR) is 75.5 cm³/mol. The topological polar surface area (TPSA) is 89.9 Å². The molecule has 2 amide bonds. The van der Waals surface area contributed by atoms with E-state index in [0.717, 1.165) is 19.3 Å².